The molecule has 214 valence electrons. The normalized spacial score (nSPS) is 11.8. The van der Waals surface area contributed by atoms with Gasteiger partial charge in [-0.15, -0.1) is 11.8 Å². The van der Waals surface area contributed by atoms with Crippen LogP contribution in [0.5, 0.6) is 0 Å². The zero-order chi connectivity index (χ0) is 29.8. The SMILES string of the molecule is CCn1c2ccccc2c2cc(NC(=O)C(Sc3cccc(NC(=S)Nc4ccc(C)cc4)c3)c3ccccc3)ccc21. The first kappa shape index (κ1) is 28.5. The number of thiocarbonyl (C=S) groups is 1. The standard InChI is InChI=1S/C36H32N4OS2/c1-3-40-32-15-8-7-14-30(32)31-23-28(20-21-33(31)40)37-35(41)34(25-10-5-4-6-11-25)43-29-13-9-12-27(22-29)39-36(42)38-26-18-16-24(2)17-19-26/h4-23,34H,3H2,1-2H3,(H,37,41)(H2,38,39,42). The fourth-order valence-electron chi connectivity index (χ4n) is 5.29. The highest BCUT2D eigenvalue weighted by Gasteiger charge is 2.23. The van der Waals surface area contributed by atoms with Crippen molar-refractivity contribution in [3.05, 3.63) is 132 Å². The summed E-state index contributed by atoms with van der Waals surface area (Å²) in [4.78, 5) is 14.8. The fourth-order valence-corrected chi connectivity index (χ4v) is 6.61. The summed E-state index contributed by atoms with van der Waals surface area (Å²) < 4.78 is 2.31. The van der Waals surface area contributed by atoms with Gasteiger partial charge in [0.2, 0.25) is 5.91 Å². The molecule has 1 unspecified atom stereocenters. The van der Waals surface area contributed by atoms with E-state index in [1.807, 2.05) is 84.9 Å². The highest BCUT2D eigenvalue weighted by atomic mass is 32.2. The quantitative estimate of drug-likeness (QED) is 0.120. The second-order valence-corrected chi connectivity index (χ2v) is 12.0. The third-order valence-corrected chi connectivity index (χ3v) is 8.80. The van der Waals surface area contributed by atoms with Gasteiger partial charge in [0, 0.05) is 50.3 Å². The number of rotatable bonds is 8. The van der Waals surface area contributed by atoms with Gasteiger partial charge in [0.25, 0.3) is 0 Å². The molecule has 1 amide bonds. The zero-order valence-corrected chi connectivity index (χ0v) is 25.6. The average Bonchev–Trinajstić information content (AvgIpc) is 3.34. The number of aromatic nitrogens is 1. The number of hydrogen-bond donors (Lipinski definition) is 3. The lowest BCUT2D eigenvalue weighted by molar-refractivity contribution is -0.115. The van der Waals surface area contributed by atoms with Crippen molar-refractivity contribution in [2.24, 2.45) is 0 Å². The van der Waals surface area contributed by atoms with Gasteiger partial charge in [-0.2, -0.15) is 0 Å². The first-order valence-electron chi connectivity index (χ1n) is 14.3. The summed E-state index contributed by atoms with van der Waals surface area (Å²) in [6.45, 7) is 5.09. The predicted molar refractivity (Wildman–Crippen MR) is 186 cm³/mol. The van der Waals surface area contributed by atoms with Gasteiger partial charge in [0.1, 0.15) is 5.25 Å². The van der Waals surface area contributed by atoms with Crippen LogP contribution in [-0.4, -0.2) is 15.6 Å². The molecule has 1 heterocycles. The molecule has 3 N–H and O–H groups in total. The number of carbonyl (C=O) groups excluding carboxylic acids is 1. The largest absolute Gasteiger partial charge is 0.341 e. The predicted octanol–water partition coefficient (Wildman–Crippen LogP) is 9.40. The van der Waals surface area contributed by atoms with E-state index in [0.717, 1.165) is 45.0 Å². The van der Waals surface area contributed by atoms with Crippen LogP contribution in [0, 0.1) is 6.92 Å². The number of fused-ring (bicyclic) bond motifs is 3. The molecule has 0 bridgehead atoms. The summed E-state index contributed by atoms with van der Waals surface area (Å²) >= 11 is 7.06. The van der Waals surface area contributed by atoms with E-state index in [-0.39, 0.29) is 5.91 Å². The van der Waals surface area contributed by atoms with E-state index in [1.54, 1.807) is 0 Å². The summed E-state index contributed by atoms with van der Waals surface area (Å²) in [5.41, 5.74) is 7.03. The number of aryl methyl sites for hydroxylation is 2. The number of thioether (sulfide) groups is 1. The molecule has 1 atom stereocenters. The van der Waals surface area contributed by atoms with Gasteiger partial charge in [0.15, 0.2) is 5.11 Å². The van der Waals surface area contributed by atoms with Gasteiger partial charge in [-0.05, 0) is 86.2 Å². The van der Waals surface area contributed by atoms with E-state index < -0.39 is 5.25 Å². The van der Waals surface area contributed by atoms with Crippen LogP contribution in [0.4, 0.5) is 17.1 Å². The molecule has 5 nitrogen and oxygen atoms in total. The molecule has 1 aromatic heterocycles. The Bertz CT molecular complexity index is 1920. The van der Waals surface area contributed by atoms with E-state index in [0.29, 0.717) is 5.11 Å². The van der Waals surface area contributed by atoms with Crippen molar-refractivity contribution in [2.45, 2.75) is 30.5 Å². The maximum absolute atomic E-state index is 13.9. The second kappa shape index (κ2) is 12.7. The number of benzene rings is 5. The van der Waals surface area contributed by atoms with Gasteiger partial charge >= 0.3 is 0 Å². The first-order chi connectivity index (χ1) is 21.0. The number of nitrogens with zero attached hydrogens (tertiary/aromatic N) is 1. The smallest absolute Gasteiger partial charge is 0.242 e. The van der Waals surface area contributed by atoms with E-state index in [2.05, 4.69) is 70.8 Å². The highest BCUT2D eigenvalue weighted by Crippen LogP contribution is 2.38. The molecule has 6 aromatic rings. The number of amides is 1. The van der Waals surface area contributed by atoms with Crippen molar-refractivity contribution in [3.63, 3.8) is 0 Å². The van der Waals surface area contributed by atoms with Crippen LogP contribution < -0.4 is 16.0 Å². The lowest BCUT2D eigenvalue weighted by atomic mass is 10.1. The molecule has 0 spiro atoms. The number of anilines is 3. The molecule has 43 heavy (non-hydrogen) atoms. The van der Waals surface area contributed by atoms with Crippen LogP contribution in [-0.2, 0) is 11.3 Å². The zero-order valence-electron chi connectivity index (χ0n) is 24.0. The van der Waals surface area contributed by atoms with Crippen LogP contribution in [0.1, 0.15) is 23.3 Å². The topological polar surface area (TPSA) is 58.1 Å². The van der Waals surface area contributed by atoms with Crippen LogP contribution in [0.15, 0.2) is 126 Å². The fraction of sp³-hybridized carbons (Fsp3) is 0.111. The molecule has 0 fully saturated rings. The molecule has 0 saturated carbocycles. The van der Waals surface area contributed by atoms with Crippen LogP contribution >= 0.6 is 24.0 Å². The molecule has 0 saturated heterocycles. The third-order valence-electron chi connectivity index (χ3n) is 7.35. The minimum Gasteiger partial charge on any atom is -0.341 e. The molecule has 0 aliphatic carbocycles. The first-order valence-corrected chi connectivity index (χ1v) is 15.6. The molecule has 0 aliphatic rings. The Labute approximate surface area is 261 Å². The Morgan fingerprint density at radius 3 is 2.19 bits per heavy atom. The van der Waals surface area contributed by atoms with Crippen molar-refractivity contribution in [3.8, 4) is 0 Å². The van der Waals surface area contributed by atoms with E-state index >= 15 is 0 Å². The Balaban J connectivity index is 1.23. The summed E-state index contributed by atoms with van der Waals surface area (Å²) in [5, 5.41) is 12.1. The van der Waals surface area contributed by atoms with Crippen LogP contribution in [0.3, 0.4) is 0 Å². The maximum atomic E-state index is 13.9. The minimum absolute atomic E-state index is 0.0790. The number of carbonyl (C=O) groups is 1. The van der Waals surface area contributed by atoms with Crippen molar-refractivity contribution in [1.82, 2.24) is 4.57 Å². The Hall–Kier alpha value is -4.59. The third kappa shape index (κ3) is 6.43. The molecule has 5 aromatic carbocycles. The van der Waals surface area contributed by atoms with Gasteiger partial charge in [0.05, 0.1) is 0 Å². The maximum Gasteiger partial charge on any atom is 0.242 e. The van der Waals surface area contributed by atoms with Crippen LogP contribution in [0.2, 0.25) is 0 Å². The monoisotopic (exact) mass is 600 g/mol. The number of nitrogens with one attached hydrogen (secondary N) is 3. The van der Waals surface area contributed by atoms with E-state index in [4.69, 9.17) is 12.2 Å². The second-order valence-electron chi connectivity index (χ2n) is 10.4. The van der Waals surface area contributed by atoms with Gasteiger partial charge in [-0.1, -0.05) is 72.3 Å². The van der Waals surface area contributed by atoms with Crippen molar-refractivity contribution < 1.29 is 4.79 Å². The summed E-state index contributed by atoms with van der Waals surface area (Å²) in [5.74, 6) is -0.0790. The van der Waals surface area contributed by atoms with Crippen molar-refractivity contribution >= 4 is 73.9 Å². The Kier molecular flexibility index (Phi) is 8.45. The minimum atomic E-state index is -0.457. The van der Waals surface area contributed by atoms with Gasteiger partial charge in [-0.3, -0.25) is 4.79 Å². The lowest BCUT2D eigenvalue weighted by Gasteiger charge is -2.18. The molecular formula is C36H32N4OS2. The molecular weight excluding hydrogens is 569 g/mol. The number of hydrogen-bond acceptors (Lipinski definition) is 3. The average molecular weight is 601 g/mol. The van der Waals surface area contributed by atoms with Crippen molar-refractivity contribution in [2.75, 3.05) is 16.0 Å². The Morgan fingerprint density at radius 2 is 1.40 bits per heavy atom. The summed E-state index contributed by atoms with van der Waals surface area (Å²) in [6, 6.07) is 40.5. The highest BCUT2D eigenvalue weighted by molar-refractivity contribution is 8.00. The van der Waals surface area contributed by atoms with E-state index in [1.165, 1.54) is 28.2 Å². The van der Waals surface area contributed by atoms with E-state index in [9.17, 15) is 4.79 Å². The summed E-state index contributed by atoms with van der Waals surface area (Å²) in [6.07, 6.45) is 0. The van der Waals surface area contributed by atoms with Gasteiger partial charge < -0.3 is 20.5 Å². The summed E-state index contributed by atoms with van der Waals surface area (Å²) in [7, 11) is 0. The van der Waals surface area contributed by atoms with Crippen molar-refractivity contribution in [1.29, 1.82) is 0 Å². The molecule has 0 aliphatic heterocycles. The van der Waals surface area contributed by atoms with Crippen LogP contribution in [0.25, 0.3) is 21.8 Å². The van der Waals surface area contributed by atoms with Gasteiger partial charge in [-0.25, -0.2) is 0 Å². The molecule has 6 rings (SSSR count). The lowest BCUT2D eigenvalue weighted by Crippen LogP contribution is -2.19. The molecule has 0 radical (unpaired) electrons. The Morgan fingerprint density at radius 1 is 0.721 bits per heavy atom. The molecule has 7 heteroatoms. The number of para-hydroxylation sites is 1.